The lowest BCUT2D eigenvalue weighted by Crippen LogP contribution is -2.42. The maximum absolute atomic E-state index is 9.49. The highest BCUT2D eigenvalue weighted by atomic mass is 16.3. The van der Waals surface area contributed by atoms with E-state index in [0.717, 1.165) is 31.1 Å². The molecule has 3 N–H and O–H groups in total. The molecule has 0 saturated carbocycles. The minimum absolute atomic E-state index is 0.0714. The lowest BCUT2D eigenvalue weighted by molar-refractivity contribution is 0.228. The van der Waals surface area contributed by atoms with Crippen LogP contribution in [0.5, 0.6) is 0 Å². The van der Waals surface area contributed by atoms with Crippen LogP contribution in [0.25, 0.3) is 0 Å². The molecule has 0 aromatic carbocycles. The molecular weight excluding hydrogens is 264 g/mol. The normalized spacial score (nSPS) is 18.8. The fourth-order valence-electron chi connectivity index (χ4n) is 2.56. The van der Waals surface area contributed by atoms with Crippen molar-refractivity contribution >= 4 is 5.96 Å². The summed E-state index contributed by atoms with van der Waals surface area (Å²) in [5, 5.41) is 9.49. The number of rotatable bonds is 5. The Kier molecular flexibility index (Phi) is 5.99. The molecule has 1 atom stereocenters. The molecule has 0 amide bonds. The number of piperidine rings is 1. The third-order valence-corrected chi connectivity index (χ3v) is 4.10. The molecule has 1 aliphatic heterocycles. The molecule has 0 aliphatic carbocycles. The summed E-state index contributed by atoms with van der Waals surface area (Å²) in [6, 6.07) is 5.83. The predicted octanol–water partition coefficient (Wildman–Crippen LogP) is 1.28. The standard InChI is InChI=1S/C16H26N4O/c1-13-5-8-20(9-6-13)16(17)19-11-14(12-21)10-15-4-2-3-7-18-15/h2-4,7,13-14,21H,5-6,8-12H2,1H3,(H2,17,19). The van der Waals surface area contributed by atoms with Gasteiger partial charge in [-0.15, -0.1) is 0 Å². The quantitative estimate of drug-likeness (QED) is 0.633. The minimum atomic E-state index is 0.0714. The first-order valence-corrected chi connectivity index (χ1v) is 7.74. The summed E-state index contributed by atoms with van der Waals surface area (Å²) < 4.78 is 0. The van der Waals surface area contributed by atoms with Crippen molar-refractivity contribution in [2.24, 2.45) is 22.6 Å². The smallest absolute Gasteiger partial charge is 0.191 e. The second kappa shape index (κ2) is 7.98. The van der Waals surface area contributed by atoms with Crippen molar-refractivity contribution in [2.75, 3.05) is 26.2 Å². The summed E-state index contributed by atoms with van der Waals surface area (Å²) in [5.41, 5.74) is 7.05. The largest absolute Gasteiger partial charge is 0.396 e. The van der Waals surface area contributed by atoms with Crippen LogP contribution in [0.15, 0.2) is 29.4 Å². The van der Waals surface area contributed by atoms with E-state index < -0.39 is 0 Å². The number of hydrogen-bond acceptors (Lipinski definition) is 3. The zero-order valence-corrected chi connectivity index (χ0v) is 12.8. The number of likely N-dealkylation sites (tertiary alicyclic amines) is 1. The third kappa shape index (κ3) is 5.01. The van der Waals surface area contributed by atoms with Crippen LogP contribution in [0.2, 0.25) is 0 Å². The van der Waals surface area contributed by atoms with Crippen LogP contribution in [-0.4, -0.2) is 47.2 Å². The highest BCUT2D eigenvalue weighted by molar-refractivity contribution is 5.78. The van der Waals surface area contributed by atoms with Gasteiger partial charge in [-0.3, -0.25) is 9.98 Å². The monoisotopic (exact) mass is 290 g/mol. The van der Waals surface area contributed by atoms with Crippen LogP contribution in [0.1, 0.15) is 25.5 Å². The van der Waals surface area contributed by atoms with Crippen LogP contribution in [0, 0.1) is 11.8 Å². The number of aliphatic hydroxyl groups is 1. The number of aliphatic hydroxyl groups excluding tert-OH is 1. The van der Waals surface area contributed by atoms with Gasteiger partial charge in [0.05, 0.1) is 0 Å². The van der Waals surface area contributed by atoms with E-state index in [1.807, 2.05) is 18.2 Å². The molecule has 1 fully saturated rings. The van der Waals surface area contributed by atoms with Crippen molar-refractivity contribution < 1.29 is 5.11 Å². The Hall–Kier alpha value is -1.62. The molecule has 1 unspecified atom stereocenters. The first kappa shape index (κ1) is 15.8. The van der Waals surface area contributed by atoms with E-state index in [1.54, 1.807) is 6.20 Å². The van der Waals surface area contributed by atoms with E-state index in [9.17, 15) is 5.11 Å². The predicted molar refractivity (Wildman–Crippen MR) is 85.0 cm³/mol. The Labute approximate surface area is 126 Å². The van der Waals surface area contributed by atoms with Crippen molar-refractivity contribution in [1.29, 1.82) is 0 Å². The zero-order chi connectivity index (χ0) is 15.1. The van der Waals surface area contributed by atoms with Gasteiger partial charge in [-0.1, -0.05) is 13.0 Å². The maximum Gasteiger partial charge on any atom is 0.191 e. The van der Waals surface area contributed by atoms with Crippen molar-refractivity contribution in [2.45, 2.75) is 26.2 Å². The molecule has 2 heterocycles. The molecule has 116 valence electrons. The fourth-order valence-corrected chi connectivity index (χ4v) is 2.56. The van der Waals surface area contributed by atoms with E-state index in [4.69, 9.17) is 5.73 Å². The van der Waals surface area contributed by atoms with E-state index in [-0.39, 0.29) is 12.5 Å². The minimum Gasteiger partial charge on any atom is -0.396 e. The lowest BCUT2D eigenvalue weighted by Gasteiger charge is -2.31. The van der Waals surface area contributed by atoms with E-state index >= 15 is 0 Å². The van der Waals surface area contributed by atoms with E-state index in [2.05, 4.69) is 21.8 Å². The van der Waals surface area contributed by atoms with Crippen molar-refractivity contribution in [3.8, 4) is 0 Å². The molecule has 1 aliphatic rings. The molecule has 21 heavy (non-hydrogen) atoms. The number of pyridine rings is 1. The van der Waals surface area contributed by atoms with E-state index in [1.165, 1.54) is 12.8 Å². The third-order valence-electron chi connectivity index (χ3n) is 4.10. The fraction of sp³-hybridized carbons (Fsp3) is 0.625. The number of nitrogens with two attached hydrogens (primary N) is 1. The SMILES string of the molecule is CC1CCN(C(N)=NCC(CO)Cc2ccccn2)CC1. The van der Waals surface area contributed by atoms with Crippen LogP contribution >= 0.6 is 0 Å². The number of guanidine groups is 1. The van der Waals surface area contributed by atoms with Gasteiger partial charge in [0.25, 0.3) is 0 Å². The summed E-state index contributed by atoms with van der Waals surface area (Å²) in [6.45, 7) is 4.90. The number of hydrogen-bond donors (Lipinski definition) is 2. The summed E-state index contributed by atoms with van der Waals surface area (Å²) in [4.78, 5) is 10.9. The van der Waals surface area contributed by atoms with Gasteiger partial charge in [-0.2, -0.15) is 0 Å². The summed E-state index contributed by atoms with van der Waals surface area (Å²) in [5.74, 6) is 1.46. The molecule has 1 saturated heterocycles. The molecule has 1 aromatic rings. The number of aliphatic imine (C=N–C) groups is 1. The van der Waals surface area contributed by atoms with Gasteiger partial charge < -0.3 is 15.7 Å². The first-order chi connectivity index (χ1) is 10.2. The Morgan fingerprint density at radius 1 is 1.48 bits per heavy atom. The molecule has 5 heteroatoms. The summed E-state index contributed by atoms with van der Waals surface area (Å²) >= 11 is 0. The topological polar surface area (TPSA) is 74.7 Å². The summed E-state index contributed by atoms with van der Waals surface area (Å²) in [7, 11) is 0. The van der Waals surface area contributed by atoms with Crippen LogP contribution in [0.4, 0.5) is 0 Å². The zero-order valence-electron chi connectivity index (χ0n) is 12.8. The summed E-state index contributed by atoms with van der Waals surface area (Å²) in [6.07, 6.45) is 4.85. The van der Waals surface area contributed by atoms with Gasteiger partial charge in [0.1, 0.15) is 0 Å². The van der Waals surface area contributed by atoms with Crippen LogP contribution < -0.4 is 5.73 Å². The Bertz CT molecular complexity index is 441. The van der Waals surface area contributed by atoms with Crippen molar-refractivity contribution in [3.63, 3.8) is 0 Å². The van der Waals surface area contributed by atoms with E-state index in [0.29, 0.717) is 12.5 Å². The first-order valence-electron chi connectivity index (χ1n) is 7.74. The van der Waals surface area contributed by atoms with Gasteiger partial charge in [0.2, 0.25) is 0 Å². The van der Waals surface area contributed by atoms with Crippen LogP contribution in [0.3, 0.4) is 0 Å². The van der Waals surface area contributed by atoms with Gasteiger partial charge in [0, 0.05) is 44.0 Å². The van der Waals surface area contributed by atoms with Gasteiger partial charge in [-0.05, 0) is 37.3 Å². The molecule has 0 spiro atoms. The number of nitrogens with zero attached hydrogens (tertiary/aromatic N) is 3. The highest BCUT2D eigenvalue weighted by Crippen LogP contribution is 2.15. The van der Waals surface area contributed by atoms with Gasteiger partial charge >= 0.3 is 0 Å². The molecule has 5 nitrogen and oxygen atoms in total. The Balaban J connectivity index is 1.85. The highest BCUT2D eigenvalue weighted by Gasteiger charge is 2.17. The second-order valence-corrected chi connectivity index (χ2v) is 5.94. The Morgan fingerprint density at radius 2 is 2.24 bits per heavy atom. The van der Waals surface area contributed by atoms with Gasteiger partial charge in [-0.25, -0.2) is 0 Å². The van der Waals surface area contributed by atoms with Gasteiger partial charge in [0.15, 0.2) is 5.96 Å². The average molecular weight is 290 g/mol. The molecule has 0 radical (unpaired) electrons. The second-order valence-electron chi connectivity index (χ2n) is 5.94. The molecule has 1 aromatic heterocycles. The molecular formula is C16H26N4O. The Morgan fingerprint density at radius 3 is 2.86 bits per heavy atom. The maximum atomic E-state index is 9.49. The average Bonchev–Trinajstić information content (AvgIpc) is 2.52. The van der Waals surface area contributed by atoms with Crippen molar-refractivity contribution in [3.05, 3.63) is 30.1 Å². The number of aromatic nitrogens is 1. The molecule has 0 bridgehead atoms. The van der Waals surface area contributed by atoms with Crippen LogP contribution in [-0.2, 0) is 6.42 Å². The van der Waals surface area contributed by atoms with Crippen molar-refractivity contribution in [1.82, 2.24) is 9.88 Å². The molecule has 2 rings (SSSR count). The lowest BCUT2D eigenvalue weighted by atomic mass is 10.00.